The predicted octanol–water partition coefficient (Wildman–Crippen LogP) is 0.600. The van der Waals surface area contributed by atoms with E-state index in [-0.39, 0.29) is 12.1 Å². The Morgan fingerprint density at radius 1 is 1.57 bits per heavy atom. The summed E-state index contributed by atoms with van der Waals surface area (Å²) in [6, 6.07) is 0. The van der Waals surface area contributed by atoms with E-state index in [0.717, 1.165) is 23.5 Å². The minimum atomic E-state index is -0.345. The molecule has 4 nitrogen and oxygen atoms in total. The summed E-state index contributed by atoms with van der Waals surface area (Å²) in [7, 11) is 0. The van der Waals surface area contributed by atoms with E-state index >= 15 is 0 Å². The van der Waals surface area contributed by atoms with E-state index in [1.165, 1.54) is 11.3 Å². The van der Waals surface area contributed by atoms with Crippen molar-refractivity contribution in [1.29, 1.82) is 0 Å². The molecule has 0 amide bonds. The fraction of sp³-hybridized carbons (Fsp3) is 0.667. The van der Waals surface area contributed by atoms with Crippen LogP contribution in [-0.4, -0.2) is 23.3 Å². The number of nitrogens with two attached hydrogens (primary N) is 1. The molecule has 1 aliphatic heterocycles. The predicted molar refractivity (Wildman–Crippen MR) is 54.0 cm³/mol. The highest BCUT2D eigenvalue weighted by molar-refractivity contribution is 7.09. The second-order valence-corrected chi connectivity index (χ2v) is 4.50. The van der Waals surface area contributed by atoms with Gasteiger partial charge < -0.3 is 15.6 Å². The minimum absolute atomic E-state index is 0.00273. The Morgan fingerprint density at radius 3 is 2.86 bits per heavy atom. The zero-order valence-electron chi connectivity index (χ0n) is 7.90. The Bertz CT molecular complexity index is 308. The lowest BCUT2D eigenvalue weighted by Crippen LogP contribution is -2.42. The fourth-order valence-corrected chi connectivity index (χ4v) is 2.36. The molecule has 0 spiro atoms. The second kappa shape index (κ2) is 3.94. The van der Waals surface area contributed by atoms with Crippen molar-refractivity contribution in [3.8, 4) is 0 Å². The van der Waals surface area contributed by atoms with Crippen molar-refractivity contribution in [2.45, 2.75) is 25.0 Å². The van der Waals surface area contributed by atoms with Crippen LogP contribution in [0.3, 0.4) is 0 Å². The van der Waals surface area contributed by atoms with E-state index in [4.69, 9.17) is 15.6 Å². The van der Waals surface area contributed by atoms with E-state index in [1.54, 1.807) is 0 Å². The van der Waals surface area contributed by atoms with E-state index in [9.17, 15) is 0 Å². The zero-order valence-corrected chi connectivity index (χ0v) is 8.72. The molecule has 2 rings (SSSR count). The van der Waals surface area contributed by atoms with Crippen molar-refractivity contribution in [3.05, 3.63) is 16.1 Å². The number of ether oxygens (including phenoxy) is 1. The van der Waals surface area contributed by atoms with Gasteiger partial charge in [0.1, 0.15) is 5.01 Å². The van der Waals surface area contributed by atoms with Crippen molar-refractivity contribution in [2.24, 2.45) is 5.73 Å². The number of rotatable bonds is 2. The zero-order chi connectivity index (χ0) is 10.0. The van der Waals surface area contributed by atoms with Crippen LogP contribution >= 0.6 is 11.3 Å². The summed E-state index contributed by atoms with van der Waals surface area (Å²) < 4.78 is 5.27. The van der Waals surface area contributed by atoms with Crippen molar-refractivity contribution in [1.82, 2.24) is 4.98 Å². The summed E-state index contributed by atoms with van der Waals surface area (Å²) >= 11 is 1.46. The molecule has 1 fully saturated rings. The highest BCUT2D eigenvalue weighted by Crippen LogP contribution is 2.29. The number of nitrogens with zero attached hydrogens (tertiary/aromatic N) is 1. The minimum Gasteiger partial charge on any atom is -0.389 e. The van der Waals surface area contributed by atoms with Gasteiger partial charge in [0.15, 0.2) is 0 Å². The van der Waals surface area contributed by atoms with E-state index in [1.807, 2.05) is 5.38 Å². The molecule has 1 aliphatic rings. The lowest BCUT2D eigenvalue weighted by molar-refractivity contribution is 0.0509. The maximum atomic E-state index is 8.92. The molecular weight excluding hydrogens is 200 g/mol. The molecule has 0 unspecified atom stereocenters. The summed E-state index contributed by atoms with van der Waals surface area (Å²) in [6.45, 7) is 1.39. The fourth-order valence-electron chi connectivity index (χ4n) is 1.60. The van der Waals surface area contributed by atoms with Gasteiger partial charge in [0, 0.05) is 18.6 Å². The summed E-state index contributed by atoms with van der Waals surface area (Å²) in [5, 5.41) is 11.6. The average Bonchev–Trinajstić information content (AvgIpc) is 2.67. The van der Waals surface area contributed by atoms with Crippen LogP contribution in [0.2, 0.25) is 0 Å². The Kier molecular flexibility index (Phi) is 2.83. The van der Waals surface area contributed by atoms with Gasteiger partial charge in [-0.25, -0.2) is 4.98 Å². The average molecular weight is 214 g/mol. The highest BCUT2D eigenvalue weighted by atomic mass is 32.1. The van der Waals surface area contributed by atoms with Crippen LogP contribution in [0.25, 0.3) is 0 Å². The Balaban J connectivity index is 2.19. The van der Waals surface area contributed by atoms with Gasteiger partial charge in [0.25, 0.3) is 0 Å². The SMILES string of the molecule is NC1(c2csc(CO)n2)CCOCC1. The van der Waals surface area contributed by atoms with Gasteiger partial charge in [-0.3, -0.25) is 0 Å². The third-order valence-electron chi connectivity index (χ3n) is 2.58. The van der Waals surface area contributed by atoms with Crippen LogP contribution in [0.4, 0.5) is 0 Å². The Hall–Kier alpha value is -0.490. The number of hydrogen-bond donors (Lipinski definition) is 2. The number of aliphatic hydroxyl groups excluding tert-OH is 1. The van der Waals surface area contributed by atoms with Crippen molar-refractivity contribution >= 4 is 11.3 Å². The molecule has 0 aliphatic carbocycles. The van der Waals surface area contributed by atoms with E-state index < -0.39 is 0 Å². The molecule has 1 aromatic heterocycles. The molecule has 0 atom stereocenters. The Morgan fingerprint density at radius 2 is 2.29 bits per heavy atom. The molecule has 0 bridgehead atoms. The molecule has 14 heavy (non-hydrogen) atoms. The third kappa shape index (κ3) is 1.81. The van der Waals surface area contributed by atoms with E-state index in [0.29, 0.717) is 13.2 Å². The number of aromatic nitrogens is 1. The topological polar surface area (TPSA) is 68.4 Å². The first-order valence-electron chi connectivity index (χ1n) is 4.67. The van der Waals surface area contributed by atoms with Crippen LogP contribution in [0.1, 0.15) is 23.5 Å². The molecule has 0 radical (unpaired) electrons. The van der Waals surface area contributed by atoms with Gasteiger partial charge in [-0.15, -0.1) is 11.3 Å². The van der Waals surface area contributed by atoms with Gasteiger partial charge in [-0.2, -0.15) is 0 Å². The van der Waals surface area contributed by atoms with Crippen LogP contribution in [0, 0.1) is 0 Å². The van der Waals surface area contributed by atoms with Crippen LogP contribution < -0.4 is 5.73 Å². The summed E-state index contributed by atoms with van der Waals surface area (Å²) in [6.07, 6.45) is 1.61. The third-order valence-corrected chi connectivity index (χ3v) is 3.42. The quantitative estimate of drug-likeness (QED) is 0.756. The highest BCUT2D eigenvalue weighted by Gasteiger charge is 2.32. The molecule has 78 valence electrons. The molecule has 2 heterocycles. The van der Waals surface area contributed by atoms with Gasteiger partial charge in [0.05, 0.1) is 17.8 Å². The first-order valence-corrected chi connectivity index (χ1v) is 5.55. The maximum Gasteiger partial charge on any atom is 0.118 e. The van der Waals surface area contributed by atoms with Crippen molar-refractivity contribution < 1.29 is 9.84 Å². The van der Waals surface area contributed by atoms with Crippen LogP contribution in [-0.2, 0) is 16.9 Å². The monoisotopic (exact) mass is 214 g/mol. The van der Waals surface area contributed by atoms with E-state index in [2.05, 4.69) is 4.98 Å². The number of aliphatic hydroxyl groups is 1. The molecule has 5 heteroatoms. The first-order chi connectivity index (χ1) is 6.74. The van der Waals surface area contributed by atoms with Gasteiger partial charge >= 0.3 is 0 Å². The summed E-state index contributed by atoms with van der Waals surface area (Å²) in [4.78, 5) is 4.31. The number of hydrogen-bond acceptors (Lipinski definition) is 5. The van der Waals surface area contributed by atoms with Gasteiger partial charge in [0.2, 0.25) is 0 Å². The molecule has 0 saturated carbocycles. The smallest absolute Gasteiger partial charge is 0.118 e. The largest absolute Gasteiger partial charge is 0.389 e. The molecule has 0 aromatic carbocycles. The molecule has 1 aromatic rings. The molecule has 3 N–H and O–H groups in total. The molecule has 1 saturated heterocycles. The summed E-state index contributed by atoms with van der Waals surface area (Å²) in [5.41, 5.74) is 6.78. The standard InChI is InChI=1S/C9H14N2O2S/c10-9(1-3-13-4-2-9)7-6-14-8(5-12)11-7/h6,12H,1-5,10H2. The normalized spacial score (nSPS) is 21.0. The Labute approximate surface area is 86.7 Å². The number of thiazole rings is 1. The molecular formula is C9H14N2O2S. The van der Waals surface area contributed by atoms with Crippen molar-refractivity contribution in [3.63, 3.8) is 0 Å². The first kappa shape index (κ1) is 10.0. The second-order valence-electron chi connectivity index (χ2n) is 3.55. The van der Waals surface area contributed by atoms with Crippen molar-refractivity contribution in [2.75, 3.05) is 13.2 Å². The van der Waals surface area contributed by atoms with Gasteiger partial charge in [-0.05, 0) is 12.8 Å². The maximum absolute atomic E-state index is 8.92. The lowest BCUT2D eigenvalue weighted by Gasteiger charge is -2.31. The summed E-state index contributed by atoms with van der Waals surface area (Å²) in [5.74, 6) is 0. The van der Waals surface area contributed by atoms with Gasteiger partial charge in [-0.1, -0.05) is 0 Å². The van der Waals surface area contributed by atoms with Crippen LogP contribution in [0.5, 0.6) is 0 Å². The van der Waals surface area contributed by atoms with Crippen LogP contribution in [0.15, 0.2) is 5.38 Å². The lowest BCUT2D eigenvalue weighted by atomic mass is 9.88.